The maximum absolute atomic E-state index is 12.3. The van der Waals surface area contributed by atoms with E-state index in [4.69, 9.17) is 9.47 Å². The van der Waals surface area contributed by atoms with Crippen LogP contribution in [0.25, 0.3) is 0 Å². The Morgan fingerprint density at radius 2 is 2.24 bits per heavy atom. The van der Waals surface area contributed by atoms with Gasteiger partial charge in [0.05, 0.1) is 6.20 Å². The maximum atomic E-state index is 12.3. The SMILES string of the molecule is CC1(C)Cc2cccc(OCC(=O)N3CC(Cn4ccnn4)C3)c2O1. The van der Waals surface area contributed by atoms with E-state index in [0.717, 1.165) is 37.4 Å². The molecule has 7 nitrogen and oxygen atoms in total. The molecule has 1 aromatic carbocycles. The van der Waals surface area contributed by atoms with Gasteiger partial charge in [-0.3, -0.25) is 9.48 Å². The number of amides is 1. The van der Waals surface area contributed by atoms with Gasteiger partial charge in [0.25, 0.3) is 5.91 Å². The summed E-state index contributed by atoms with van der Waals surface area (Å²) in [6.07, 6.45) is 4.35. The van der Waals surface area contributed by atoms with Gasteiger partial charge in [-0.05, 0) is 19.9 Å². The lowest BCUT2D eigenvalue weighted by Crippen LogP contribution is -2.52. The van der Waals surface area contributed by atoms with Crippen LogP contribution >= 0.6 is 0 Å². The van der Waals surface area contributed by atoms with Gasteiger partial charge in [-0.15, -0.1) is 5.10 Å². The molecule has 0 bridgehead atoms. The largest absolute Gasteiger partial charge is 0.483 e. The molecule has 1 fully saturated rings. The van der Waals surface area contributed by atoms with E-state index < -0.39 is 0 Å². The summed E-state index contributed by atoms with van der Waals surface area (Å²) in [5, 5.41) is 7.74. The molecule has 1 amide bonds. The minimum Gasteiger partial charge on any atom is -0.483 e. The van der Waals surface area contributed by atoms with Crippen LogP contribution in [0, 0.1) is 5.92 Å². The molecule has 0 saturated carbocycles. The molecule has 132 valence electrons. The van der Waals surface area contributed by atoms with Gasteiger partial charge in [-0.2, -0.15) is 0 Å². The van der Waals surface area contributed by atoms with E-state index >= 15 is 0 Å². The number of rotatable bonds is 5. The number of carbonyl (C=O) groups excluding carboxylic acids is 1. The first-order valence-corrected chi connectivity index (χ1v) is 8.56. The number of hydrogen-bond acceptors (Lipinski definition) is 5. The van der Waals surface area contributed by atoms with E-state index in [1.54, 1.807) is 10.9 Å². The number of para-hydroxylation sites is 1. The molecular weight excluding hydrogens is 320 g/mol. The summed E-state index contributed by atoms with van der Waals surface area (Å²) >= 11 is 0. The Morgan fingerprint density at radius 3 is 3.00 bits per heavy atom. The van der Waals surface area contributed by atoms with Crippen molar-refractivity contribution in [3.05, 3.63) is 36.2 Å². The van der Waals surface area contributed by atoms with Gasteiger partial charge in [0, 0.05) is 43.7 Å². The lowest BCUT2D eigenvalue weighted by atomic mass is 10.0. The Balaban J connectivity index is 1.29. The topological polar surface area (TPSA) is 69.5 Å². The molecule has 2 aromatic rings. The Labute approximate surface area is 146 Å². The Bertz CT molecular complexity index is 767. The average molecular weight is 342 g/mol. The quantitative estimate of drug-likeness (QED) is 0.824. The fourth-order valence-corrected chi connectivity index (χ4v) is 3.42. The number of fused-ring (bicyclic) bond motifs is 1. The summed E-state index contributed by atoms with van der Waals surface area (Å²) in [7, 11) is 0. The van der Waals surface area contributed by atoms with E-state index in [1.165, 1.54) is 0 Å². The molecule has 7 heteroatoms. The molecule has 0 aliphatic carbocycles. The van der Waals surface area contributed by atoms with Crippen molar-refractivity contribution in [1.29, 1.82) is 0 Å². The molecule has 1 saturated heterocycles. The molecule has 2 aliphatic rings. The number of benzene rings is 1. The van der Waals surface area contributed by atoms with Crippen LogP contribution in [0.1, 0.15) is 19.4 Å². The van der Waals surface area contributed by atoms with Crippen LogP contribution in [0.4, 0.5) is 0 Å². The molecule has 4 rings (SSSR count). The first-order chi connectivity index (χ1) is 12.0. The highest BCUT2D eigenvalue weighted by Gasteiger charge is 2.34. The van der Waals surface area contributed by atoms with Crippen molar-refractivity contribution in [2.75, 3.05) is 19.7 Å². The van der Waals surface area contributed by atoms with E-state index in [0.29, 0.717) is 11.7 Å². The van der Waals surface area contributed by atoms with Crippen LogP contribution in [0.15, 0.2) is 30.6 Å². The fourth-order valence-electron chi connectivity index (χ4n) is 3.42. The van der Waals surface area contributed by atoms with Crippen molar-refractivity contribution in [1.82, 2.24) is 19.9 Å². The molecule has 0 N–H and O–H groups in total. The fraction of sp³-hybridized carbons (Fsp3) is 0.500. The second-order valence-corrected chi connectivity index (χ2v) is 7.36. The summed E-state index contributed by atoms with van der Waals surface area (Å²) in [6, 6.07) is 5.85. The monoisotopic (exact) mass is 342 g/mol. The zero-order valence-corrected chi connectivity index (χ0v) is 14.5. The molecule has 1 aromatic heterocycles. The van der Waals surface area contributed by atoms with Crippen molar-refractivity contribution in [2.24, 2.45) is 5.92 Å². The summed E-state index contributed by atoms with van der Waals surface area (Å²) in [6.45, 7) is 6.40. The molecule has 25 heavy (non-hydrogen) atoms. The normalized spacial score (nSPS) is 18.4. The second-order valence-electron chi connectivity index (χ2n) is 7.36. The molecule has 0 unspecified atom stereocenters. The minimum absolute atomic E-state index is 0.00435. The number of nitrogens with zero attached hydrogens (tertiary/aromatic N) is 4. The summed E-state index contributed by atoms with van der Waals surface area (Å²) in [4.78, 5) is 14.1. The summed E-state index contributed by atoms with van der Waals surface area (Å²) in [5.41, 5.74) is 0.907. The first kappa shape index (κ1) is 15.9. The summed E-state index contributed by atoms with van der Waals surface area (Å²) in [5.74, 6) is 1.85. The maximum Gasteiger partial charge on any atom is 0.260 e. The predicted molar refractivity (Wildman–Crippen MR) is 90.4 cm³/mol. The van der Waals surface area contributed by atoms with Gasteiger partial charge < -0.3 is 14.4 Å². The number of likely N-dealkylation sites (tertiary alicyclic amines) is 1. The van der Waals surface area contributed by atoms with Crippen LogP contribution in [0.2, 0.25) is 0 Å². The van der Waals surface area contributed by atoms with Crippen LogP contribution in [-0.4, -0.2) is 51.1 Å². The van der Waals surface area contributed by atoms with Gasteiger partial charge in [0.1, 0.15) is 5.60 Å². The Kier molecular flexibility index (Phi) is 3.86. The standard InChI is InChI=1S/C18H22N4O3/c1-18(2)8-14-4-3-5-15(17(14)25-18)24-12-16(23)21-9-13(10-21)11-22-7-6-19-20-22/h3-7,13H,8-12H2,1-2H3. The lowest BCUT2D eigenvalue weighted by Gasteiger charge is -2.39. The second kappa shape index (κ2) is 6.06. The zero-order chi connectivity index (χ0) is 17.4. The highest BCUT2D eigenvalue weighted by Crippen LogP contribution is 2.41. The van der Waals surface area contributed by atoms with Gasteiger partial charge >= 0.3 is 0 Å². The average Bonchev–Trinajstić information content (AvgIpc) is 3.13. The predicted octanol–water partition coefficient (Wildman–Crippen LogP) is 1.53. The minimum atomic E-state index is -0.224. The lowest BCUT2D eigenvalue weighted by molar-refractivity contribution is -0.140. The number of aromatic nitrogens is 3. The van der Waals surface area contributed by atoms with E-state index in [-0.39, 0.29) is 18.1 Å². The third kappa shape index (κ3) is 3.31. The Hall–Kier alpha value is -2.57. The van der Waals surface area contributed by atoms with Crippen LogP contribution < -0.4 is 9.47 Å². The number of ether oxygens (including phenoxy) is 2. The smallest absolute Gasteiger partial charge is 0.260 e. The highest BCUT2D eigenvalue weighted by molar-refractivity contribution is 5.78. The molecule has 0 spiro atoms. The molecule has 0 atom stereocenters. The number of hydrogen-bond donors (Lipinski definition) is 0. The number of carbonyl (C=O) groups is 1. The van der Waals surface area contributed by atoms with E-state index in [1.807, 2.05) is 29.3 Å². The molecule has 3 heterocycles. The highest BCUT2D eigenvalue weighted by atomic mass is 16.5. The first-order valence-electron chi connectivity index (χ1n) is 8.56. The van der Waals surface area contributed by atoms with E-state index in [2.05, 4.69) is 24.2 Å². The van der Waals surface area contributed by atoms with Crippen LogP contribution in [0.5, 0.6) is 11.5 Å². The van der Waals surface area contributed by atoms with Gasteiger partial charge in [-0.25, -0.2) is 0 Å². The van der Waals surface area contributed by atoms with Gasteiger partial charge in [-0.1, -0.05) is 17.3 Å². The molecule has 2 aliphatic heterocycles. The van der Waals surface area contributed by atoms with Crippen LogP contribution in [0.3, 0.4) is 0 Å². The van der Waals surface area contributed by atoms with Crippen LogP contribution in [-0.2, 0) is 17.8 Å². The van der Waals surface area contributed by atoms with Gasteiger partial charge in [0.2, 0.25) is 0 Å². The van der Waals surface area contributed by atoms with Crippen molar-refractivity contribution in [2.45, 2.75) is 32.4 Å². The third-order valence-corrected chi connectivity index (χ3v) is 4.63. The van der Waals surface area contributed by atoms with Crippen molar-refractivity contribution in [3.63, 3.8) is 0 Å². The zero-order valence-electron chi connectivity index (χ0n) is 14.5. The van der Waals surface area contributed by atoms with E-state index in [9.17, 15) is 4.79 Å². The third-order valence-electron chi connectivity index (χ3n) is 4.63. The summed E-state index contributed by atoms with van der Waals surface area (Å²) < 4.78 is 13.5. The van der Waals surface area contributed by atoms with Crippen molar-refractivity contribution in [3.8, 4) is 11.5 Å². The molecule has 0 radical (unpaired) electrons. The molecular formula is C18H22N4O3. The van der Waals surface area contributed by atoms with Crippen molar-refractivity contribution >= 4 is 5.91 Å². The van der Waals surface area contributed by atoms with Gasteiger partial charge in [0.15, 0.2) is 18.1 Å². The van der Waals surface area contributed by atoms with Crippen molar-refractivity contribution < 1.29 is 14.3 Å². The Morgan fingerprint density at radius 1 is 1.40 bits per heavy atom.